The summed E-state index contributed by atoms with van der Waals surface area (Å²) in [5, 5.41) is 15.5. The SMILES string of the molecule is CC1CCC(NC(=O)Cn2nnc(-c3ccc(C(C)C)cc3)n2)CC1. The van der Waals surface area contributed by atoms with Crippen LogP contribution in [0.5, 0.6) is 0 Å². The summed E-state index contributed by atoms with van der Waals surface area (Å²) in [5.41, 5.74) is 2.19. The molecular weight excluding hydrogens is 314 g/mol. The van der Waals surface area contributed by atoms with Crippen molar-refractivity contribution in [2.24, 2.45) is 5.92 Å². The van der Waals surface area contributed by atoms with E-state index in [1.165, 1.54) is 23.2 Å². The van der Waals surface area contributed by atoms with Gasteiger partial charge in [-0.05, 0) is 48.3 Å². The second-order valence-electron chi connectivity index (χ2n) is 7.44. The Morgan fingerprint density at radius 1 is 1.20 bits per heavy atom. The third kappa shape index (κ3) is 4.65. The lowest BCUT2D eigenvalue weighted by atomic mass is 9.87. The largest absolute Gasteiger partial charge is 0.352 e. The molecule has 6 heteroatoms. The Balaban J connectivity index is 1.56. The first-order valence-electron chi connectivity index (χ1n) is 9.18. The van der Waals surface area contributed by atoms with Crippen LogP contribution < -0.4 is 5.32 Å². The number of nitrogens with one attached hydrogen (secondary N) is 1. The highest BCUT2D eigenvalue weighted by atomic mass is 16.2. The zero-order valence-corrected chi connectivity index (χ0v) is 15.3. The molecule has 1 amide bonds. The molecule has 3 rings (SSSR count). The summed E-state index contributed by atoms with van der Waals surface area (Å²) in [6.45, 7) is 6.71. The van der Waals surface area contributed by atoms with Gasteiger partial charge in [-0.1, -0.05) is 45.0 Å². The van der Waals surface area contributed by atoms with Crippen LogP contribution in [0.25, 0.3) is 11.4 Å². The fraction of sp³-hybridized carbons (Fsp3) is 0.579. The van der Waals surface area contributed by atoms with Crippen molar-refractivity contribution < 1.29 is 4.79 Å². The first kappa shape index (κ1) is 17.6. The number of nitrogens with zero attached hydrogens (tertiary/aromatic N) is 4. The minimum atomic E-state index is -0.0429. The van der Waals surface area contributed by atoms with Gasteiger partial charge in [-0.2, -0.15) is 4.80 Å². The lowest BCUT2D eigenvalue weighted by Gasteiger charge is -2.26. The van der Waals surface area contributed by atoms with Crippen LogP contribution in [0.4, 0.5) is 0 Å². The average Bonchev–Trinajstić information content (AvgIpc) is 3.05. The molecule has 0 unspecified atom stereocenters. The van der Waals surface area contributed by atoms with E-state index in [9.17, 15) is 4.79 Å². The quantitative estimate of drug-likeness (QED) is 0.907. The highest BCUT2D eigenvalue weighted by molar-refractivity contribution is 5.75. The van der Waals surface area contributed by atoms with E-state index in [4.69, 9.17) is 0 Å². The molecule has 0 aliphatic heterocycles. The zero-order valence-electron chi connectivity index (χ0n) is 15.3. The van der Waals surface area contributed by atoms with E-state index in [0.29, 0.717) is 11.7 Å². The van der Waals surface area contributed by atoms with Gasteiger partial charge in [0.2, 0.25) is 11.7 Å². The van der Waals surface area contributed by atoms with E-state index in [2.05, 4.69) is 53.6 Å². The molecule has 0 saturated heterocycles. The molecule has 0 bridgehead atoms. The number of hydrogen-bond acceptors (Lipinski definition) is 4. The normalized spacial score (nSPS) is 20.6. The Bertz CT molecular complexity index is 699. The Morgan fingerprint density at radius 2 is 1.88 bits per heavy atom. The average molecular weight is 341 g/mol. The van der Waals surface area contributed by atoms with Crippen molar-refractivity contribution >= 4 is 5.91 Å². The number of carbonyl (C=O) groups excluding carboxylic acids is 1. The van der Waals surface area contributed by atoms with Crippen LogP contribution in [-0.4, -0.2) is 32.2 Å². The number of rotatable bonds is 5. The lowest BCUT2D eigenvalue weighted by Crippen LogP contribution is -2.39. The van der Waals surface area contributed by atoms with Crippen LogP contribution in [0.2, 0.25) is 0 Å². The summed E-state index contributed by atoms with van der Waals surface area (Å²) >= 11 is 0. The second-order valence-corrected chi connectivity index (χ2v) is 7.44. The Morgan fingerprint density at radius 3 is 2.52 bits per heavy atom. The molecule has 1 heterocycles. The molecule has 0 atom stereocenters. The first-order chi connectivity index (χ1) is 12.0. The summed E-state index contributed by atoms with van der Waals surface area (Å²) < 4.78 is 0. The summed E-state index contributed by atoms with van der Waals surface area (Å²) in [4.78, 5) is 13.6. The van der Waals surface area contributed by atoms with E-state index >= 15 is 0 Å². The molecule has 1 aromatic carbocycles. The molecule has 6 nitrogen and oxygen atoms in total. The number of amides is 1. The minimum absolute atomic E-state index is 0.0429. The molecule has 1 aromatic heterocycles. The van der Waals surface area contributed by atoms with Gasteiger partial charge in [0.05, 0.1) is 0 Å². The predicted molar refractivity (Wildman–Crippen MR) is 96.9 cm³/mol. The summed E-state index contributed by atoms with van der Waals surface area (Å²) in [7, 11) is 0. The van der Waals surface area contributed by atoms with Crippen molar-refractivity contribution in [2.45, 2.75) is 65.0 Å². The van der Waals surface area contributed by atoms with Crippen LogP contribution in [0.15, 0.2) is 24.3 Å². The third-order valence-corrected chi connectivity index (χ3v) is 4.95. The van der Waals surface area contributed by atoms with E-state index in [1.54, 1.807) is 0 Å². The van der Waals surface area contributed by atoms with Crippen LogP contribution >= 0.6 is 0 Å². The maximum atomic E-state index is 12.2. The summed E-state index contributed by atoms with van der Waals surface area (Å²) in [6, 6.07) is 8.45. The van der Waals surface area contributed by atoms with Gasteiger partial charge < -0.3 is 5.32 Å². The fourth-order valence-electron chi connectivity index (χ4n) is 3.25. The van der Waals surface area contributed by atoms with Crippen LogP contribution in [0.1, 0.15) is 57.9 Å². The molecule has 0 spiro atoms. The third-order valence-electron chi connectivity index (χ3n) is 4.95. The molecular formula is C19H27N5O. The number of tetrazole rings is 1. The van der Waals surface area contributed by atoms with Crippen LogP contribution in [-0.2, 0) is 11.3 Å². The van der Waals surface area contributed by atoms with Crippen molar-refractivity contribution in [1.82, 2.24) is 25.5 Å². The van der Waals surface area contributed by atoms with Gasteiger partial charge >= 0.3 is 0 Å². The monoisotopic (exact) mass is 341 g/mol. The Hall–Kier alpha value is -2.24. The van der Waals surface area contributed by atoms with Crippen LogP contribution in [0, 0.1) is 5.92 Å². The lowest BCUT2D eigenvalue weighted by molar-refractivity contribution is -0.123. The molecule has 2 aromatic rings. The minimum Gasteiger partial charge on any atom is -0.352 e. The maximum Gasteiger partial charge on any atom is 0.243 e. The molecule has 1 N–H and O–H groups in total. The smallest absolute Gasteiger partial charge is 0.243 e. The van der Waals surface area contributed by atoms with Gasteiger partial charge in [0.15, 0.2) is 0 Å². The van der Waals surface area contributed by atoms with Gasteiger partial charge in [-0.15, -0.1) is 10.2 Å². The van der Waals surface area contributed by atoms with Gasteiger partial charge in [0, 0.05) is 11.6 Å². The maximum absolute atomic E-state index is 12.2. The summed E-state index contributed by atoms with van der Waals surface area (Å²) in [5.74, 6) is 1.77. The highest BCUT2D eigenvalue weighted by Gasteiger charge is 2.20. The van der Waals surface area contributed by atoms with Gasteiger partial charge in [-0.3, -0.25) is 4.79 Å². The van der Waals surface area contributed by atoms with Crippen LogP contribution in [0.3, 0.4) is 0 Å². The Labute approximate surface area is 149 Å². The number of hydrogen-bond donors (Lipinski definition) is 1. The fourth-order valence-corrected chi connectivity index (χ4v) is 3.25. The standard InChI is InChI=1S/C19H27N5O/c1-13(2)15-6-8-16(9-7-15)19-21-23-24(22-19)12-18(25)20-17-10-4-14(3)5-11-17/h6-9,13-14,17H,4-5,10-12H2,1-3H3,(H,20,25). The van der Waals surface area contributed by atoms with E-state index in [1.807, 2.05) is 12.1 Å². The van der Waals surface area contributed by atoms with Crippen molar-refractivity contribution in [3.05, 3.63) is 29.8 Å². The molecule has 0 radical (unpaired) electrons. The molecule has 25 heavy (non-hydrogen) atoms. The second kappa shape index (κ2) is 7.76. The molecule has 134 valence electrons. The number of carbonyl (C=O) groups is 1. The van der Waals surface area contributed by atoms with Gasteiger partial charge in [0.25, 0.3) is 0 Å². The number of aromatic nitrogens is 4. The molecule has 1 aliphatic carbocycles. The van der Waals surface area contributed by atoms with Crippen molar-refractivity contribution in [3.8, 4) is 11.4 Å². The van der Waals surface area contributed by atoms with Crippen molar-refractivity contribution in [2.75, 3.05) is 0 Å². The van der Waals surface area contributed by atoms with E-state index in [-0.39, 0.29) is 18.5 Å². The predicted octanol–water partition coefficient (Wildman–Crippen LogP) is 3.16. The van der Waals surface area contributed by atoms with Crippen molar-refractivity contribution in [3.63, 3.8) is 0 Å². The van der Waals surface area contributed by atoms with Gasteiger partial charge in [0.1, 0.15) is 6.54 Å². The number of benzene rings is 1. The highest BCUT2D eigenvalue weighted by Crippen LogP contribution is 2.23. The van der Waals surface area contributed by atoms with Gasteiger partial charge in [-0.25, -0.2) is 0 Å². The van der Waals surface area contributed by atoms with E-state index in [0.717, 1.165) is 24.3 Å². The Kier molecular flexibility index (Phi) is 5.46. The summed E-state index contributed by atoms with van der Waals surface area (Å²) in [6.07, 6.45) is 4.49. The molecule has 1 saturated carbocycles. The van der Waals surface area contributed by atoms with E-state index < -0.39 is 0 Å². The molecule has 1 fully saturated rings. The van der Waals surface area contributed by atoms with Crippen molar-refractivity contribution in [1.29, 1.82) is 0 Å². The zero-order chi connectivity index (χ0) is 17.8. The first-order valence-corrected chi connectivity index (χ1v) is 9.18. The topological polar surface area (TPSA) is 72.7 Å². The molecule has 1 aliphatic rings.